The first-order valence-electron chi connectivity index (χ1n) is 6.27. The zero-order valence-electron chi connectivity index (χ0n) is 11.1. The molecule has 1 aromatic rings. The first-order chi connectivity index (χ1) is 8.56. The van der Waals surface area contributed by atoms with Crippen LogP contribution < -0.4 is 11.1 Å². The van der Waals surface area contributed by atoms with E-state index in [1.807, 2.05) is 32.0 Å². The van der Waals surface area contributed by atoms with E-state index in [2.05, 4.69) is 5.32 Å². The van der Waals surface area contributed by atoms with Crippen molar-refractivity contribution in [1.82, 2.24) is 5.32 Å². The lowest BCUT2D eigenvalue weighted by Crippen LogP contribution is -2.48. The molecule has 1 rings (SSSR count). The SMILES string of the molecule is CCC(C)(CO)NC(=O)c1ccccc1CCN. The second-order valence-corrected chi connectivity index (χ2v) is 4.72. The van der Waals surface area contributed by atoms with Gasteiger partial charge in [-0.25, -0.2) is 0 Å². The van der Waals surface area contributed by atoms with Crippen LogP contribution in [0.3, 0.4) is 0 Å². The Balaban J connectivity index is 2.90. The Morgan fingerprint density at radius 2 is 2.11 bits per heavy atom. The highest BCUT2D eigenvalue weighted by Gasteiger charge is 2.24. The van der Waals surface area contributed by atoms with Crippen molar-refractivity contribution in [2.45, 2.75) is 32.2 Å². The van der Waals surface area contributed by atoms with Crippen molar-refractivity contribution < 1.29 is 9.90 Å². The van der Waals surface area contributed by atoms with Gasteiger partial charge in [0.1, 0.15) is 0 Å². The number of aliphatic hydroxyl groups is 1. The van der Waals surface area contributed by atoms with Crippen molar-refractivity contribution in [2.75, 3.05) is 13.2 Å². The van der Waals surface area contributed by atoms with Gasteiger partial charge < -0.3 is 16.2 Å². The lowest BCUT2D eigenvalue weighted by Gasteiger charge is -2.27. The molecule has 0 aliphatic carbocycles. The molecule has 0 saturated carbocycles. The Bertz CT molecular complexity index is 401. The summed E-state index contributed by atoms with van der Waals surface area (Å²) in [5, 5.41) is 12.2. The Hall–Kier alpha value is -1.39. The molecule has 0 spiro atoms. The number of nitrogens with two attached hydrogens (primary N) is 1. The minimum atomic E-state index is -0.576. The summed E-state index contributed by atoms with van der Waals surface area (Å²) >= 11 is 0. The highest BCUT2D eigenvalue weighted by Crippen LogP contribution is 2.13. The van der Waals surface area contributed by atoms with Gasteiger partial charge in [0.25, 0.3) is 5.91 Å². The van der Waals surface area contributed by atoms with E-state index < -0.39 is 5.54 Å². The molecule has 4 heteroatoms. The van der Waals surface area contributed by atoms with Gasteiger partial charge in [-0.15, -0.1) is 0 Å². The molecule has 0 aliphatic rings. The van der Waals surface area contributed by atoms with Crippen LogP contribution >= 0.6 is 0 Å². The Labute approximate surface area is 108 Å². The number of carbonyl (C=O) groups excluding carboxylic acids is 1. The molecule has 18 heavy (non-hydrogen) atoms. The van der Waals surface area contributed by atoms with Crippen molar-refractivity contribution in [3.63, 3.8) is 0 Å². The van der Waals surface area contributed by atoms with E-state index in [9.17, 15) is 9.90 Å². The lowest BCUT2D eigenvalue weighted by molar-refractivity contribution is 0.0846. The number of benzene rings is 1. The van der Waals surface area contributed by atoms with Crippen molar-refractivity contribution >= 4 is 5.91 Å². The van der Waals surface area contributed by atoms with E-state index in [0.717, 1.165) is 5.56 Å². The topological polar surface area (TPSA) is 75.3 Å². The molecule has 0 saturated heterocycles. The normalized spacial score (nSPS) is 14.0. The molecule has 1 amide bonds. The number of carbonyl (C=O) groups is 1. The van der Waals surface area contributed by atoms with Crippen molar-refractivity contribution in [3.05, 3.63) is 35.4 Å². The summed E-state index contributed by atoms with van der Waals surface area (Å²) in [5.74, 6) is -0.155. The number of aliphatic hydroxyl groups excluding tert-OH is 1. The second kappa shape index (κ2) is 6.52. The molecule has 0 aliphatic heterocycles. The van der Waals surface area contributed by atoms with Crippen LogP contribution in [0.5, 0.6) is 0 Å². The summed E-state index contributed by atoms with van der Waals surface area (Å²) in [7, 11) is 0. The van der Waals surface area contributed by atoms with Gasteiger partial charge in [-0.05, 0) is 37.9 Å². The fourth-order valence-electron chi connectivity index (χ4n) is 1.70. The summed E-state index contributed by atoms with van der Waals surface area (Å²) in [6, 6.07) is 7.42. The first kappa shape index (κ1) is 14.7. The molecule has 100 valence electrons. The molecule has 1 aromatic carbocycles. The summed E-state index contributed by atoms with van der Waals surface area (Å²) in [6.07, 6.45) is 1.35. The van der Waals surface area contributed by atoms with E-state index in [-0.39, 0.29) is 12.5 Å². The second-order valence-electron chi connectivity index (χ2n) is 4.72. The summed E-state index contributed by atoms with van der Waals surface area (Å²) < 4.78 is 0. The minimum Gasteiger partial charge on any atom is -0.394 e. The fraction of sp³-hybridized carbons (Fsp3) is 0.500. The third kappa shape index (κ3) is 3.55. The maximum Gasteiger partial charge on any atom is 0.252 e. The van der Waals surface area contributed by atoms with Gasteiger partial charge in [0.15, 0.2) is 0 Å². The van der Waals surface area contributed by atoms with Gasteiger partial charge in [0.2, 0.25) is 0 Å². The maximum absolute atomic E-state index is 12.2. The molecular formula is C14H22N2O2. The maximum atomic E-state index is 12.2. The van der Waals surface area contributed by atoms with Crippen molar-refractivity contribution in [3.8, 4) is 0 Å². The minimum absolute atomic E-state index is 0.0751. The van der Waals surface area contributed by atoms with E-state index in [1.165, 1.54) is 0 Å². The Kier molecular flexibility index (Phi) is 5.31. The van der Waals surface area contributed by atoms with Crippen LogP contribution in [0.1, 0.15) is 36.2 Å². The van der Waals surface area contributed by atoms with Crippen LogP contribution in [-0.2, 0) is 6.42 Å². The third-order valence-electron chi connectivity index (χ3n) is 3.22. The van der Waals surface area contributed by atoms with Crippen LogP contribution in [0.15, 0.2) is 24.3 Å². The Morgan fingerprint density at radius 3 is 2.67 bits per heavy atom. The van der Waals surface area contributed by atoms with Crippen molar-refractivity contribution in [1.29, 1.82) is 0 Å². The van der Waals surface area contributed by atoms with Crippen LogP contribution in [0.2, 0.25) is 0 Å². The van der Waals surface area contributed by atoms with Crippen LogP contribution in [-0.4, -0.2) is 29.7 Å². The summed E-state index contributed by atoms with van der Waals surface area (Å²) in [5.41, 5.74) is 6.54. The highest BCUT2D eigenvalue weighted by molar-refractivity contribution is 5.96. The highest BCUT2D eigenvalue weighted by atomic mass is 16.3. The van der Waals surface area contributed by atoms with Gasteiger partial charge in [-0.2, -0.15) is 0 Å². The standard InChI is InChI=1S/C14H22N2O2/c1-3-14(2,10-17)16-13(18)12-7-5-4-6-11(12)8-9-15/h4-7,17H,3,8-10,15H2,1-2H3,(H,16,18). The molecule has 1 unspecified atom stereocenters. The van der Waals surface area contributed by atoms with Crippen LogP contribution in [0.4, 0.5) is 0 Å². The average molecular weight is 250 g/mol. The molecule has 0 radical (unpaired) electrons. The Morgan fingerprint density at radius 1 is 1.44 bits per heavy atom. The molecule has 1 atom stereocenters. The number of amides is 1. The van der Waals surface area contributed by atoms with Crippen molar-refractivity contribution in [2.24, 2.45) is 5.73 Å². The lowest BCUT2D eigenvalue weighted by atomic mass is 9.98. The molecule has 0 aromatic heterocycles. The monoisotopic (exact) mass is 250 g/mol. The van der Waals surface area contributed by atoms with Crippen LogP contribution in [0.25, 0.3) is 0 Å². The number of hydrogen-bond acceptors (Lipinski definition) is 3. The number of hydrogen-bond donors (Lipinski definition) is 3. The van der Waals surface area contributed by atoms with E-state index in [4.69, 9.17) is 5.73 Å². The number of nitrogens with one attached hydrogen (secondary N) is 1. The summed E-state index contributed by atoms with van der Waals surface area (Å²) in [6.45, 7) is 4.20. The largest absolute Gasteiger partial charge is 0.394 e. The van der Waals surface area contributed by atoms with E-state index >= 15 is 0 Å². The van der Waals surface area contributed by atoms with Gasteiger partial charge in [0.05, 0.1) is 12.1 Å². The molecule has 0 fully saturated rings. The van der Waals surface area contributed by atoms with Gasteiger partial charge >= 0.3 is 0 Å². The van der Waals surface area contributed by atoms with Gasteiger partial charge in [-0.1, -0.05) is 25.1 Å². The average Bonchev–Trinajstić information content (AvgIpc) is 2.39. The molecule has 4 N–H and O–H groups in total. The number of rotatable bonds is 6. The fourth-order valence-corrected chi connectivity index (χ4v) is 1.70. The quantitative estimate of drug-likeness (QED) is 0.707. The zero-order valence-corrected chi connectivity index (χ0v) is 11.1. The van der Waals surface area contributed by atoms with Crippen LogP contribution in [0, 0.1) is 0 Å². The predicted octanol–water partition coefficient (Wildman–Crippen LogP) is 1.08. The zero-order chi connectivity index (χ0) is 13.6. The first-order valence-corrected chi connectivity index (χ1v) is 6.27. The molecular weight excluding hydrogens is 228 g/mol. The van der Waals surface area contributed by atoms with E-state index in [0.29, 0.717) is 24.9 Å². The predicted molar refractivity (Wildman–Crippen MR) is 72.4 cm³/mol. The van der Waals surface area contributed by atoms with Gasteiger partial charge in [0, 0.05) is 5.56 Å². The van der Waals surface area contributed by atoms with Gasteiger partial charge in [-0.3, -0.25) is 4.79 Å². The smallest absolute Gasteiger partial charge is 0.252 e. The third-order valence-corrected chi connectivity index (χ3v) is 3.22. The molecule has 0 heterocycles. The summed E-state index contributed by atoms with van der Waals surface area (Å²) in [4.78, 5) is 12.2. The van der Waals surface area contributed by atoms with E-state index in [1.54, 1.807) is 6.07 Å². The molecule has 4 nitrogen and oxygen atoms in total. The molecule has 0 bridgehead atoms.